The first-order valence-electron chi connectivity index (χ1n) is 5.74. The van der Waals surface area contributed by atoms with Crippen molar-refractivity contribution in [3.63, 3.8) is 0 Å². The van der Waals surface area contributed by atoms with Crippen LogP contribution in [0.4, 0.5) is 5.69 Å². The molecule has 100 valence electrons. The van der Waals surface area contributed by atoms with Gasteiger partial charge < -0.3 is 5.32 Å². The first-order chi connectivity index (χ1) is 8.49. The number of hydrogen-bond donors (Lipinski definition) is 2. The molecule has 18 heavy (non-hydrogen) atoms. The van der Waals surface area contributed by atoms with Gasteiger partial charge in [-0.2, -0.15) is 12.7 Å². The number of rotatable bonds is 3. The van der Waals surface area contributed by atoms with Gasteiger partial charge in [0.1, 0.15) is 0 Å². The van der Waals surface area contributed by atoms with E-state index in [1.165, 1.54) is 4.31 Å². The summed E-state index contributed by atoms with van der Waals surface area (Å²) in [7, 11) is -3.45. The van der Waals surface area contributed by atoms with Gasteiger partial charge in [-0.15, -0.1) is 0 Å². The number of hydrogen-bond acceptors (Lipinski definition) is 3. The number of nitrogens with one attached hydrogen (secondary N) is 2. The van der Waals surface area contributed by atoms with E-state index < -0.39 is 10.2 Å². The lowest BCUT2D eigenvalue weighted by Gasteiger charge is -2.27. The zero-order chi connectivity index (χ0) is 13.2. The molecule has 0 unspecified atom stereocenters. The van der Waals surface area contributed by atoms with Crippen LogP contribution in [-0.4, -0.2) is 38.9 Å². The standard InChI is InChI=1S/C11H16BrN3O2S/c1-9-2-3-10(12)8-11(9)14-18(16,17)15-6-4-13-5-7-15/h2-3,8,13-14H,4-7H2,1H3. The normalized spacial score (nSPS) is 17.7. The second-order valence-electron chi connectivity index (χ2n) is 4.22. The lowest BCUT2D eigenvalue weighted by Crippen LogP contribution is -2.48. The van der Waals surface area contributed by atoms with E-state index in [-0.39, 0.29) is 0 Å². The van der Waals surface area contributed by atoms with Gasteiger partial charge in [-0.25, -0.2) is 0 Å². The van der Waals surface area contributed by atoms with Crippen LogP contribution < -0.4 is 10.0 Å². The topological polar surface area (TPSA) is 61.4 Å². The van der Waals surface area contributed by atoms with E-state index in [2.05, 4.69) is 26.0 Å². The van der Waals surface area contributed by atoms with Crippen LogP contribution in [0.1, 0.15) is 5.56 Å². The SMILES string of the molecule is Cc1ccc(Br)cc1NS(=O)(=O)N1CCNCC1. The Morgan fingerprint density at radius 2 is 2.00 bits per heavy atom. The van der Waals surface area contributed by atoms with Crippen molar-refractivity contribution in [3.05, 3.63) is 28.2 Å². The summed E-state index contributed by atoms with van der Waals surface area (Å²) in [5.41, 5.74) is 1.51. The Labute approximate surface area is 116 Å². The fourth-order valence-corrected chi connectivity index (χ4v) is 3.44. The summed E-state index contributed by atoms with van der Waals surface area (Å²) in [6.45, 7) is 4.27. The molecule has 1 aromatic rings. The monoisotopic (exact) mass is 333 g/mol. The molecule has 7 heteroatoms. The summed E-state index contributed by atoms with van der Waals surface area (Å²) in [6, 6.07) is 5.53. The molecular weight excluding hydrogens is 318 g/mol. The van der Waals surface area contributed by atoms with Gasteiger partial charge in [-0.1, -0.05) is 22.0 Å². The predicted molar refractivity (Wildman–Crippen MR) is 75.9 cm³/mol. The maximum Gasteiger partial charge on any atom is 0.301 e. The molecule has 0 aromatic heterocycles. The molecule has 0 atom stereocenters. The number of aryl methyl sites for hydroxylation is 1. The second-order valence-corrected chi connectivity index (χ2v) is 6.80. The Bertz CT molecular complexity index is 527. The van der Waals surface area contributed by atoms with E-state index in [1.807, 2.05) is 19.1 Å². The molecule has 0 amide bonds. The lowest BCUT2D eigenvalue weighted by molar-refractivity contribution is 0.362. The zero-order valence-electron chi connectivity index (χ0n) is 10.1. The largest absolute Gasteiger partial charge is 0.314 e. The van der Waals surface area contributed by atoms with Gasteiger partial charge in [0.05, 0.1) is 5.69 Å². The molecule has 1 aromatic carbocycles. The molecule has 2 N–H and O–H groups in total. The zero-order valence-corrected chi connectivity index (χ0v) is 12.5. The summed E-state index contributed by atoms with van der Waals surface area (Å²) in [6.07, 6.45) is 0. The molecule has 0 aliphatic carbocycles. The van der Waals surface area contributed by atoms with Gasteiger partial charge in [0, 0.05) is 30.7 Å². The maximum atomic E-state index is 12.2. The first-order valence-corrected chi connectivity index (χ1v) is 7.97. The predicted octanol–water partition coefficient (Wildman–Crippen LogP) is 1.32. The smallest absolute Gasteiger partial charge is 0.301 e. The molecule has 0 radical (unpaired) electrons. The molecule has 2 rings (SSSR count). The molecule has 0 bridgehead atoms. The third-order valence-corrected chi connectivity index (χ3v) is 4.87. The molecule has 1 heterocycles. The highest BCUT2D eigenvalue weighted by molar-refractivity contribution is 9.10. The minimum absolute atomic E-state index is 0.502. The van der Waals surface area contributed by atoms with Crippen LogP contribution in [0.3, 0.4) is 0 Å². The highest BCUT2D eigenvalue weighted by atomic mass is 79.9. The minimum Gasteiger partial charge on any atom is -0.314 e. The van der Waals surface area contributed by atoms with Crippen LogP contribution >= 0.6 is 15.9 Å². The number of benzene rings is 1. The maximum absolute atomic E-state index is 12.2. The molecule has 1 aliphatic rings. The number of piperazine rings is 1. The molecule has 0 saturated carbocycles. The number of anilines is 1. The summed E-state index contributed by atoms with van der Waals surface area (Å²) in [4.78, 5) is 0. The van der Waals surface area contributed by atoms with Gasteiger partial charge in [-0.05, 0) is 24.6 Å². The van der Waals surface area contributed by atoms with Crippen molar-refractivity contribution in [3.8, 4) is 0 Å². The average molecular weight is 334 g/mol. The van der Waals surface area contributed by atoms with Gasteiger partial charge in [-0.3, -0.25) is 4.72 Å². The van der Waals surface area contributed by atoms with Crippen LogP contribution in [0.15, 0.2) is 22.7 Å². The Kier molecular flexibility index (Phi) is 4.26. The molecule has 0 spiro atoms. The highest BCUT2D eigenvalue weighted by Gasteiger charge is 2.23. The Hall–Kier alpha value is -0.630. The van der Waals surface area contributed by atoms with E-state index in [4.69, 9.17) is 0 Å². The van der Waals surface area contributed by atoms with Crippen molar-refractivity contribution in [1.82, 2.24) is 9.62 Å². The summed E-state index contributed by atoms with van der Waals surface area (Å²) in [5, 5.41) is 3.13. The van der Waals surface area contributed by atoms with Crippen LogP contribution in [0, 0.1) is 6.92 Å². The molecule has 5 nitrogen and oxygen atoms in total. The van der Waals surface area contributed by atoms with Crippen molar-refractivity contribution < 1.29 is 8.42 Å². The Morgan fingerprint density at radius 1 is 1.33 bits per heavy atom. The van der Waals surface area contributed by atoms with Crippen LogP contribution in [0.25, 0.3) is 0 Å². The number of nitrogens with zero attached hydrogens (tertiary/aromatic N) is 1. The summed E-state index contributed by atoms with van der Waals surface area (Å²) in [5.74, 6) is 0. The fraction of sp³-hybridized carbons (Fsp3) is 0.455. The van der Waals surface area contributed by atoms with Gasteiger partial charge >= 0.3 is 10.2 Å². The van der Waals surface area contributed by atoms with E-state index in [0.29, 0.717) is 31.9 Å². The van der Waals surface area contributed by atoms with Gasteiger partial charge in [0.15, 0.2) is 0 Å². The van der Waals surface area contributed by atoms with Gasteiger partial charge in [0.25, 0.3) is 0 Å². The van der Waals surface area contributed by atoms with Crippen molar-refractivity contribution in [2.75, 3.05) is 30.9 Å². The van der Waals surface area contributed by atoms with Crippen LogP contribution in [0.5, 0.6) is 0 Å². The van der Waals surface area contributed by atoms with Crippen molar-refractivity contribution in [2.45, 2.75) is 6.92 Å². The van der Waals surface area contributed by atoms with Crippen LogP contribution in [0.2, 0.25) is 0 Å². The lowest BCUT2D eigenvalue weighted by atomic mass is 10.2. The molecule has 1 aliphatic heterocycles. The van der Waals surface area contributed by atoms with Crippen molar-refractivity contribution >= 4 is 31.8 Å². The average Bonchev–Trinajstić information content (AvgIpc) is 2.35. The Morgan fingerprint density at radius 3 is 2.67 bits per heavy atom. The van der Waals surface area contributed by atoms with E-state index in [0.717, 1.165) is 10.0 Å². The van der Waals surface area contributed by atoms with Crippen molar-refractivity contribution in [2.24, 2.45) is 0 Å². The minimum atomic E-state index is -3.45. The fourth-order valence-electron chi connectivity index (χ4n) is 1.79. The third kappa shape index (κ3) is 3.23. The van der Waals surface area contributed by atoms with E-state index in [9.17, 15) is 8.42 Å². The second kappa shape index (κ2) is 5.56. The molecule has 1 fully saturated rings. The van der Waals surface area contributed by atoms with Gasteiger partial charge in [0.2, 0.25) is 0 Å². The summed E-state index contributed by atoms with van der Waals surface area (Å²) < 4.78 is 29.3. The summed E-state index contributed by atoms with van der Waals surface area (Å²) >= 11 is 3.34. The third-order valence-electron chi connectivity index (χ3n) is 2.85. The Balaban J connectivity index is 2.18. The van der Waals surface area contributed by atoms with E-state index >= 15 is 0 Å². The quantitative estimate of drug-likeness (QED) is 0.876. The van der Waals surface area contributed by atoms with E-state index in [1.54, 1.807) is 6.07 Å². The molecular formula is C11H16BrN3O2S. The highest BCUT2D eigenvalue weighted by Crippen LogP contribution is 2.22. The first kappa shape index (κ1) is 13.8. The number of halogens is 1. The van der Waals surface area contributed by atoms with Crippen LogP contribution in [-0.2, 0) is 10.2 Å². The molecule has 1 saturated heterocycles. The van der Waals surface area contributed by atoms with Crippen molar-refractivity contribution in [1.29, 1.82) is 0 Å².